The lowest BCUT2D eigenvalue weighted by atomic mass is 10.0. The van der Waals surface area contributed by atoms with E-state index in [0.717, 1.165) is 25.3 Å². The third-order valence-electron chi connectivity index (χ3n) is 2.51. The Balaban J connectivity index is 2.81. The summed E-state index contributed by atoms with van der Waals surface area (Å²) < 4.78 is 1.90. The quantitative estimate of drug-likeness (QED) is 0.763. The van der Waals surface area contributed by atoms with Crippen LogP contribution < -0.4 is 5.32 Å². The van der Waals surface area contributed by atoms with Crippen LogP contribution in [0.2, 0.25) is 0 Å². The number of aromatic nitrogens is 4. The summed E-state index contributed by atoms with van der Waals surface area (Å²) in [5.74, 6) is 0.902. The minimum Gasteiger partial charge on any atom is -0.310 e. The van der Waals surface area contributed by atoms with Crippen molar-refractivity contribution in [3.8, 4) is 0 Å². The molecule has 80 valence electrons. The zero-order valence-electron chi connectivity index (χ0n) is 9.41. The van der Waals surface area contributed by atoms with E-state index in [1.807, 2.05) is 4.68 Å². The van der Waals surface area contributed by atoms with Crippen LogP contribution in [0.1, 0.15) is 39.9 Å². The van der Waals surface area contributed by atoms with Gasteiger partial charge in [-0.05, 0) is 37.2 Å². The molecule has 0 aliphatic carbocycles. The lowest BCUT2D eigenvalue weighted by Gasteiger charge is -2.23. The topological polar surface area (TPSA) is 55.6 Å². The summed E-state index contributed by atoms with van der Waals surface area (Å²) in [6, 6.07) is 0. The number of nitrogens with zero attached hydrogens (tertiary/aromatic N) is 4. The van der Waals surface area contributed by atoms with Crippen LogP contribution in [0.5, 0.6) is 0 Å². The molecule has 0 atom stereocenters. The second-order valence-corrected chi connectivity index (χ2v) is 3.95. The molecule has 5 nitrogen and oxygen atoms in total. The number of nitrogens with one attached hydrogen (secondary N) is 1. The smallest absolute Gasteiger partial charge is 0.165 e. The maximum atomic E-state index is 4.03. The summed E-state index contributed by atoms with van der Waals surface area (Å²) in [4.78, 5) is 0. The highest BCUT2D eigenvalue weighted by Crippen LogP contribution is 2.18. The minimum absolute atomic E-state index is 0.00570. The lowest BCUT2D eigenvalue weighted by Crippen LogP contribution is -2.30. The summed E-state index contributed by atoms with van der Waals surface area (Å²) in [5.41, 5.74) is -0.00570. The van der Waals surface area contributed by atoms with Crippen molar-refractivity contribution in [2.24, 2.45) is 0 Å². The van der Waals surface area contributed by atoms with Gasteiger partial charge in [-0.3, -0.25) is 0 Å². The molecule has 0 fully saturated rings. The third-order valence-corrected chi connectivity index (χ3v) is 2.51. The molecule has 0 aromatic carbocycles. The maximum Gasteiger partial charge on any atom is 0.165 e. The standard InChI is InChI=1S/C9H19N5/c1-5-9(3,4)14-8(7-10-6-2)11-12-13-14/h10H,5-7H2,1-4H3. The van der Waals surface area contributed by atoms with E-state index in [4.69, 9.17) is 0 Å². The van der Waals surface area contributed by atoms with Crippen LogP contribution >= 0.6 is 0 Å². The highest BCUT2D eigenvalue weighted by atomic mass is 15.6. The first-order valence-corrected chi connectivity index (χ1v) is 5.10. The first-order chi connectivity index (χ1) is 6.61. The molecular formula is C9H19N5. The third kappa shape index (κ3) is 2.29. The summed E-state index contributed by atoms with van der Waals surface area (Å²) in [6.07, 6.45) is 1.01. The molecule has 1 aromatic rings. The van der Waals surface area contributed by atoms with Gasteiger partial charge in [0.15, 0.2) is 5.82 Å². The van der Waals surface area contributed by atoms with E-state index < -0.39 is 0 Å². The number of hydrogen-bond donors (Lipinski definition) is 1. The second kappa shape index (κ2) is 4.50. The monoisotopic (exact) mass is 197 g/mol. The van der Waals surface area contributed by atoms with Gasteiger partial charge in [-0.25, -0.2) is 4.68 Å². The first kappa shape index (κ1) is 11.1. The highest BCUT2D eigenvalue weighted by Gasteiger charge is 2.22. The second-order valence-electron chi connectivity index (χ2n) is 3.95. The Hall–Kier alpha value is -0.970. The lowest BCUT2D eigenvalue weighted by molar-refractivity contribution is 0.289. The van der Waals surface area contributed by atoms with Crippen molar-refractivity contribution in [3.63, 3.8) is 0 Å². The largest absolute Gasteiger partial charge is 0.310 e. The van der Waals surface area contributed by atoms with Crippen LogP contribution in [0.15, 0.2) is 0 Å². The molecule has 0 aliphatic heterocycles. The molecule has 1 aromatic heterocycles. The van der Waals surface area contributed by atoms with E-state index in [-0.39, 0.29) is 5.54 Å². The Kier molecular flexibility index (Phi) is 3.57. The normalized spacial score (nSPS) is 12.0. The Morgan fingerprint density at radius 2 is 2.07 bits per heavy atom. The van der Waals surface area contributed by atoms with Gasteiger partial charge in [0.1, 0.15) is 0 Å². The van der Waals surface area contributed by atoms with Gasteiger partial charge in [-0.2, -0.15) is 0 Å². The Bertz CT molecular complexity index is 278. The fourth-order valence-electron chi connectivity index (χ4n) is 1.17. The number of rotatable bonds is 5. The Labute approximate surface area is 84.9 Å². The molecule has 1 rings (SSSR count). The minimum atomic E-state index is -0.00570. The summed E-state index contributed by atoms with van der Waals surface area (Å²) in [5, 5.41) is 15.0. The van der Waals surface area contributed by atoms with Crippen molar-refractivity contribution in [2.45, 2.75) is 46.2 Å². The molecule has 0 saturated carbocycles. The molecule has 5 heteroatoms. The highest BCUT2D eigenvalue weighted by molar-refractivity contribution is 4.87. The molecule has 14 heavy (non-hydrogen) atoms. The zero-order chi connectivity index (χ0) is 10.6. The summed E-state index contributed by atoms with van der Waals surface area (Å²) in [7, 11) is 0. The van der Waals surface area contributed by atoms with Gasteiger partial charge >= 0.3 is 0 Å². The van der Waals surface area contributed by atoms with Crippen LogP contribution in [-0.2, 0) is 12.1 Å². The molecule has 1 N–H and O–H groups in total. The fraction of sp³-hybridized carbons (Fsp3) is 0.889. The predicted octanol–water partition coefficient (Wildman–Crippen LogP) is 0.928. The zero-order valence-corrected chi connectivity index (χ0v) is 9.41. The van der Waals surface area contributed by atoms with Gasteiger partial charge < -0.3 is 5.32 Å². The van der Waals surface area contributed by atoms with Crippen LogP contribution in [0.25, 0.3) is 0 Å². The van der Waals surface area contributed by atoms with E-state index in [0.29, 0.717) is 0 Å². The van der Waals surface area contributed by atoms with Crippen molar-refractivity contribution >= 4 is 0 Å². The van der Waals surface area contributed by atoms with Gasteiger partial charge in [0.05, 0.1) is 12.1 Å². The van der Waals surface area contributed by atoms with Crippen LogP contribution in [0.4, 0.5) is 0 Å². The van der Waals surface area contributed by atoms with Gasteiger partial charge in [0, 0.05) is 0 Å². The van der Waals surface area contributed by atoms with Gasteiger partial charge in [0.25, 0.3) is 0 Å². The molecule has 0 spiro atoms. The maximum absolute atomic E-state index is 4.03. The summed E-state index contributed by atoms with van der Waals surface area (Å²) in [6.45, 7) is 10.1. The number of hydrogen-bond acceptors (Lipinski definition) is 4. The molecule has 1 heterocycles. The van der Waals surface area contributed by atoms with E-state index in [9.17, 15) is 0 Å². The van der Waals surface area contributed by atoms with E-state index in [1.165, 1.54) is 0 Å². The van der Waals surface area contributed by atoms with Crippen LogP contribution in [0.3, 0.4) is 0 Å². The van der Waals surface area contributed by atoms with Gasteiger partial charge in [-0.1, -0.05) is 13.8 Å². The number of tetrazole rings is 1. The van der Waals surface area contributed by atoms with Crippen LogP contribution in [-0.4, -0.2) is 26.8 Å². The molecule has 0 bridgehead atoms. The van der Waals surface area contributed by atoms with E-state index in [2.05, 4.69) is 48.5 Å². The van der Waals surface area contributed by atoms with Crippen molar-refractivity contribution in [2.75, 3.05) is 6.54 Å². The average Bonchev–Trinajstić information content (AvgIpc) is 2.63. The van der Waals surface area contributed by atoms with Crippen molar-refractivity contribution in [1.82, 2.24) is 25.5 Å². The Morgan fingerprint density at radius 3 is 2.64 bits per heavy atom. The van der Waals surface area contributed by atoms with Crippen molar-refractivity contribution in [3.05, 3.63) is 5.82 Å². The molecule has 0 saturated heterocycles. The van der Waals surface area contributed by atoms with E-state index in [1.54, 1.807) is 0 Å². The molecular weight excluding hydrogens is 178 g/mol. The van der Waals surface area contributed by atoms with Gasteiger partial charge in [0.2, 0.25) is 0 Å². The predicted molar refractivity (Wildman–Crippen MR) is 54.8 cm³/mol. The van der Waals surface area contributed by atoms with Crippen molar-refractivity contribution in [1.29, 1.82) is 0 Å². The average molecular weight is 197 g/mol. The molecule has 0 radical (unpaired) electrons. The Morgan fingerprint density at radius 1 is 1.36 bits per heavy atom. The molecule has 0 aliphatic rings. The molecule has 0 unspecified atom stereocenters. The first-order valence-electron chi connectivity index (χ1n) is 5.10. The molecule has 0 amide bonds. The van der Waals surface area contributed by atoms with E-state index >= 15 is 0 Å². The fourth-order valence-corrected chi connectivity index (χ4v) is 1.17. The van der Waals surface area contributed by atoms with Crippen molar-refractivity contribution < 1.29 is 0 Å². The summed E-state index contributed by atoms with van der Waals surface area (Å²) >= 11 is 0. The van der Waals surface area contributed by atoms with Crippen LogP contribution in [0, 0.1) is 0 Å². The SMILES string of the molecule is CCNCc1nnnn1C(C)(C)CC. The van der Waals surface area contributed by atoms with Gasteiger partial charge in [-0.15, -0.1) is 5.10 Å².